The highest BCUT2D eigenvalue weighted by Gasteiger charge is 2.31. The molecule has 0 spiro atoms. The van der Waals surface area contributed by atoms with Crippen LogP contribution in [0.15, 0.2) is 42.7 Å². The van der Waals surface area contributed by atoms with Crippen LogP contribution in [-0.4, -0.2) is 27.3 Å². The first kappa shape index (κ1) is 23.3. The highest BCUT2D eigenvalue weighted by molar-refractivity contribution is 5.94. The molecular weight excluding hydrogens is 421 g/mol. The summed E-state index contributed by atoms with van der Waals surface area (Å²) in [6.45, 7) is 4.12. The van der Waals surface area contributed by atoms with Gasteiger partial charge in [0.1, 0.15) is 0 Å². The van der Waals surface area contributed by atoms with E-state index in [0.29, 0.717) is 18.1 Å². The van der Waals surface area contributed by atoms with Gasteiger partial charge in [0.25, 0.3) is 0 Å². The smallest absolute Gasteiger partial charge is 0.416 e. The molecule has 9 heteroatoms. The van der Waals surface area contributed by atoms with E-state index >= 15 is 0 Å². The molecule has 3 aromatic rings. The van der Waals surface area contributed by atoms with Crippen LogP contribution < -0.4 is 10.5 Å². The van der Waals surface area contributed by atoms with Crippen molar-refractivity contribution in [2.75, 3.05) is 6.61 Å². The third kappa shape index (κ3) is 5.66. The predicted octanol–water partition coefficient (Wildman–Crippen LogP) is 4.66. The molecule has 6 nitrogen and oxygen atoms in total. The highest BCUT2D eigenvalue weighted by Crippen LogP contribution is 2.30. The molecule has 2 aromatic heterocycles. The average Bonchev–Trinajstić information content (AvgIpc) is 3.18. The Bertz CT molecular complexity index is 1070. The number of nitrogens with two attached hydrogens (primary N) is 1. The normalized spacial score (nSPS) is 13.0. The van der Waals surface area contributed by atoms with E-state index in [1.807, 2.05) is 23.7 Å². The van der Waals surface area contributed by atoms with E-state index in [4.69, 9.17) is 10.5 Å². The van der Waals surface area contributed by atoms with Crippen molar-refractivity contribution in [3.8, 4) is 11.6 Å². The second-order valence-electron chi connectivity index (χ2n) is 7.43. The molecule has 1 aliphatic carbocycles. The van der Waals surface area contributed by atoms with E-state index in [2.05, 4.69) is 16.3 Å². The third-order valence-corrected chi connectivity index (χ3v) is 5.09. The number of halogens is 3. The Morgan fingerprint density at radius 1 is 1.19 bits per heavy atom. The lowest BCUT2D eigenvalue weighted by Crippen LogP contribution is -2.15. The van der Waals surface area contributed by atoms with Crippen molar-refractivity contribution < 1.29 is 22.7 Å². The maximum atomic E-state index is 12.2. The third-order valence-electron chi connectivity index (χ3n) is 5.09. The van der Waals surface area contributed by atoms with Gasteiger partial charge >= 0.3 is 6.18 Å². The number of nitrogens with zero attached hydrogens (tertiary/aromatic N) is 3. The highest BCUT2D eigenvalue weighted by atomic mass is 19.4. The van der Waals surface area contributed by atoms with Gasteiger partial charge in [0.05, 0.1) is 23.6 Å². The van der Waals surface area contributed by atoms with Gasteiger partial charge in [0, 0.05) is 24.0 Å². The summed E-state index contributed by atoms with van der Waals surface area (Å²) in [5, 5.41) is 4.66. The van der Waals surface area contributed by atoms with Gasteiger partial charge in [0.15, 0.2) is 0 Å². The topological polar surface area (TPSA) is 83.0 Å². The first-order valence-electron chi connectivity index (χ1n) is 10.3. The van der Waals surface area contributed by atoms with Crippen LogP contribution in [0, 0.1) is 6.92 Å². The molecule has 170 valence electrons. The molecule has 0 unspecified atom stereocenters. The fourth-order valence-electron chi connectivity index (χ4n) is 3.44. The van der Waals surface area contributed by atoms with Crippen LogP contribution in [0.2, 0.25) is 0 Å². The summed E-state index contributed by atoms with van der Waals surface area (Å²) in [6.07, 6.45) is 4.24. The minimum Gasteiger partial charge on any atom is -0.478 e. The van der Waals surface area contributed by atoms with E-state index in [9.17, 15) is 18.0 Å². The molecule has 0 bridgehead atoms. The molecule has 0 atom stereocenters. The zero-order chi connectivity index (χ0) is 23.3. The molecule has 4 rings (SSSR count). The van der Waals surface area contributed by atoms with Crippen LogP contribution in [0.1, 0.15) is 52.5 Å². The number of benzene rings is 1. The Kier molecular flexibility index (Phi) is 7.17. The summed E-state index contributed by atoms with van der Waals surface area (Å²) in [5.41, 5.74) is 8.04. The van der Waals surface area contributed by atoms with Gasteiger partial charge in [-0.15, -0.1) is 0 Å². The van der Waals surface area contributed by atoms with Crippen molar-refractivity contribution >= 4 is 5.91 Å². The monoisotopic (exact) mass is 446 g/mol. The van der Waals surface area contributed by atoms with Gasteiger partial charge in [-0.3, -0.25) is 4.79 Å². The molecule has 0 radical (unpaired) electrons. The van der Waals surface area contributed by atoms with Crippen molar-refractivity contribution in [1.29, 1.82) is 0 Å². The maximum Gasteiger partial charge on any atom is 0.416 e. The largest absolute Gasteiger partial charge is 0.478 e. The van der Waals surface area contributed by atoms with Crippen molar-refractivity contribution in [3.05, 3.63) is 70.7 Å². The number of alkyl halides is 3. The molecule has 1 aromatic carbocycles. The number of carbonyl (C=O) groups is 1. The minimum absolute atomic E-state index is 0.0974. The molecule has 0 saturated carbocycles. The molecule has 2 N–H and O–H groups in total. The van der Waals surface area contributed by atoms with Crippen LogP contribution >= 0.6 is 0 Å². The molecule has 0 aliphatic heterocycles. The Morgan fingerprint density at radius 2 is 1.94 bits per heavy atom. The standard InChI is InChI=1S/C14H17N3O.C9H8F3NO/c1-2-18-14-9-12(7-8-15-14)17-10-11-5-3-4-6-13(11)16-17;1-5-2-3-6(9(10,11)12)4-7(5)8(13)14/h7-10H,2-6H2,1H3;2-4H,1H3,(H2,13,14). The van der Waals surface area contributed by atoms with Gasteiger partial charge < -0.3 is 10.5 Å². The number of hydrogen-bond donors (Lipinski definition) is 1. The number of carbonyl (C=O) groups excluding carboxylic acids is 1. The van der Waals surface area contributed by atoms with Crippen molar-refractivity contribution in [1.82, 2.24) is 14.8 Å². The Balaban J connectivity index is 0.000000188. The second kappa shape index (κ2) is 9.84. The molecule has 1 aliphatic rings. The summed E-state index contributed by atoms with van der Waals surface area (Å²) in [6, 6.07) is 6.80. The number of fused-ring (bicyclic) bond motifs is 1. The number of aromatic nitrogens is 3. The molecule has 32 heavy (non-hydrogen) atoms. The first-order valence-corrected chi connectivity index (χ1v) is 10.3. The van der Waals surface area contributed by atoms with Crippen LogP contribution in [0.4, 0.5) is 13.2 Å². The summed E-state index contributed by atoms with van der Waals surface area (Å²) >= 11 is 0. The average molecular weight is 446 g/mol. The quantitative estimate of drug-likeness (QED) is 0.632. The summed E-state index contributed by atoms with van der Waals surface area (Å²) in [5.74, 6) is -0.197. The molecular formula is C23H25F3N4O2. The van der Waals surface area contributed by atoms with Gasteiger partial charge in [-0.05, 0) is 68.9 Å². The first-order chi connectivity index (χ1) is 15.2. The molecule has 0 fully saturated rings. The van der Waals surface area contributed by atoms with Gasteiger partial charge in [-0.25, -0.2) is 9.67 Å². The predicted molar refractivity (Wildman–Crippen MR) is 114 cm³/mol. The number of rotatable bonds is 4. The van der Waals surface area contributed by atoms with Crippen LogP contribution in [-0.2, 0) is 19.0 Å². The zero-order valence-corrected chi connectivity index (χ0v) is 17.9. The lowest BCUT2D eigenvalue weighted by atomic mass is 9.99. The van der Waals surface area contributed by atoms with Gasteiger partial charge in [-0.2, -0.15) is 18.3 Å². The molecule has 0 saturated heterocycles. The minimum atomic E-state index is -4.45. The molecule has 2 heterocycles. The van der Waals surface area contributed by atoms with Crippen molar-refractivity contribution in [2.45, 2.75) is 45.7 Å². The van der Waals surface area contributed by atoms with Gasteiger partial charge in [-0.1, -0.05) is 6.07 Å². The SMILES string of the molecule is CCOc1cc(-n2cc3c(n2)CCCC3)ccn1.Cc1ccc(C(F)(F)F)cc1C(N)=O. The Labute approximate surface area is 184 Å². The Morgan fingerprint density at radius 3 is 2.59 bits per heavy atom. The van der Waals surface area contributed by atoms with E-state index in [-0.39, 0.29) is 5.56 Å². The van der Waals surface area contributed by atoms with Crippen molar-refractivity contribution in [3.63, 3.8) is 0 Å². The van der Waals surface area contributed by atoms with Gasteiger partial charge in [0.2, 0.25) is 11.8 Å². The van der Waals surface area contributed by atoms with E-state index in [1.54, 1.807) is 6.20 Å². The Hall–Kier alpha value is -3.36. The summed E-state index contributed by atoms with van der Waals surface area (Å²) in [7, 11) is 0. The number of aryl methyl sites for hydroxylation is 3. The second-order valence-corrected chi connectivity index (χ2v) is 7.43. The number of ether oxygens (including phenoxy) is 1. The number of primary amides is 1. The van der Waals surface area contributed by atoms with E-state index in [1.165, 1.54) is 37.1 Å². The summed E-state index contributed by atoms with van der Waals surface area (Å²) < 4.78 is 44.0. The van der Waals surface area contributed by atoms with Crippen molar-refractivity contribution in [2.24, 2.45) is 5.73 Å². The fourth-order valence-corrected chi connectivity index (χ4v) is 3.44. The van der Waals surface area contributed by atoms with Crippen LogP contribution in [0.25, 0.3) is 5.69 Å². The lowest BCUT2D eigenvalue weighted by Gasteiger charge is -2.08. The van der Waals surface area contributed by atoms with Crippen LogP contribution in [0.3, 0.4) is 0 Å². The van der Waals surface area contributed by atoms with E-state index in [0.717, 1.165) is 30.7 Å². The maximum absolute atomic E-state index is 12.2. The number of amides is 1. The molecule has 1 amide bonds. The summed E-state index contributed by atoms with van der Waals surface area (Å²) in [4.78, 5) is 14.9. The lowest BCUT2D eigenvalue weighted by molar-refractivity contribution is -0.137. The number of pyridine rings is 1. The fraction of sp³-hybridized carbons (Fsp3) is 0.348. The van der Waals surface area contributed by atoms with Crippen LogP contribution in [0.5, 0.6) is 5.88 Å². The van der Waals surface area contributed by atoms with E-state index < -0.39 is 17.6 Å². The zero-order valence-electron chi connectivity index (χ0n) is 17.9. The number of hydrogen-bond acceptors (Lipinski definition) is 4.